The highest BCUT2D eigenvalue weighted by atomic mass is 32.2. The van der Waals surface area contributed by atoms with Crippen LogP contribution in [-0.2, 0) is 6.54 Å². The Balaban J connectivity index is 2.79. The molecule has 19 heavy (non-hydrogen) atoms. The predicted octanol–water partition coefficient (Wildman–Crippen LogP) is 2.35. The Morgan fingerprint density at radius 3 is 2.84 bits per heavy atom. The van der Waals surface area contributed by atoms with Crippen molar-refractivity contribution in [2.24, 2.45) is 0 Å². The van der Waals surface area contributed by atoms with Crippen LogP contribution in [0.5, 0.6) is 0 Å². The summed E-state index contributed by atoms with van der Waals surface area (Å²) in [6.45, 7) is 2.68. The van der Waals surface area contributed by atoms with Gasteiger partial charge in [-0.3, -0.25) is 4.90 Å². The summed E-state index contributed by atoms with van der Waals surface area (Å²) in [6, 6.07) is 5.43. The normalized spacial score (nSPS) is 12.1. The summed E-state index contributed by atoms with van der Waals surface area (Å²) < 4.78 is 13.5. The number of hydrogen-bond donors (Lipinski definition) is 1. The third kappa shape index (κ3) is 5.23. The van der Waals surface area contributed by atoms with E-state index in [0.717, 1.165) is 17.9 Å². The summed E-state index contributed by atoms with van der Waals surface area (Å²) in [4.78, 5) is 2.23. The highest BCUT2D eigenvalue weighted by molar-refractivity contribution is 7.98. The van der Waals surface area contributed by atoms with Crippen LogP contribution in [0.3, 0.4) is 0 Å². The molecule has 1 unspecified atom stereocenters. The molecule has 1 N–H and O–H groups in total. The first-order chi connectivity index (χ1) is 9.08. The van der Waals surface area contributed by atoms with Gasteiger partial charge in [0.1, 0.15) is 12.4 Å². The van der Waals surface area contributed by atoms with Gasteiger partial charge >= 0.3 is 0 Å². The van der Waals surface area contributed by atoms with Gasteiger partial charge in [0, 0.05) is 18.3 Å². The molecule has 0 bridgehead atoms. The Labute approximate surface area is 119 Å². The Bertz CT molecular complexity index is 467. The van der Waals surface area contributed by atoms with Crippen LogP contribution in [0.2, 0.25) is 0 Å². The van der Waals surface area contributed by atoms with Crippen LogP contribution < -0.4 is 0 Å². The van der Waals surface area contributed by atoms with E-state index >= 15 is 0 Å². The first-order valence-corrected chi connectivity index (χ1v) is 7.55. The van der Waals surface area contributed by atoms with Crippen LogP contribution in [0, 0.1) is 17.7 Å². The molecular weight excluding hydrogens is 261 g/mol. The molecule has 2 nitrogen and oxygen atoms in total. The van der Waals surface area contributed by atoms with Crippen LogP contribution in [-0.4, -0.2) is 41.7 Å². The zero-order chi connectivity index (χ0) is 14.3. The van der Waals surface area contributed by atoms with Crippen LogP contribution in [0.25, 0.3) is 0 Å². The highest BCUT2D eigenvalue weighted by Crippen LogP contribution is 2.13. The number of nitrogens with zero attached hydrogens (tertiary/aromatic N) is 1. The van der Waals surface area contributed by atoms with Gasteiger partial charge in [0.05, 0.1) is 5.56 Å². The van der Waals surface area contributed by atoms with Gasteiger partial charge in [0.25, 0.3) is 0 Å². The zero-order valence-corrected chi connectivity index (χ0v) is 12.4. The molecule has 0 aliphatic rings. The Morgan fingerprint density at radius 1 is 1.47 bits per heavy atom. The van der Waals surface area contributed by atoms with E-state index in [9.17, 15) is 4.39 Å². The molecule has 1 aromatic carbocycles. The second kappa shape index (κ2) is 8.21. The number of rotatable bonds is 5. The third-order valence-corrected chi connectivity index (χ3v) is 3.74. The van der Waals surface area contributed by atoms with Gasteiger partial charge in [-0.15, -0.1) is 0 Å². The Kier molecular flexibility index (Phi) is 6.93. The van der Waals surface area contributed by atoms with Crippen LogP contribution in [0.15, 0.2) is 18.2 Å². The molecule has 104 valence electrons. The summed E-state index contributed by atoms with van der Waals surface area (Å²) in [6.07, 6.45) is 2.09. The summed E-state index contributed by atoms with van der Waals surface area (Å²) >= 11 is 1.81. The number of aliphatic hydroxyl groups is 1. The molecule has 0 saturated carbocycles. The Hall–Kier alpha value is -1.02. The fraction of sp³-hybridized carbons (Fsp3) is 0.467. The highest BCUT2D eigenvalue weighted by Gasteiger charge is 2.10. The molecule has 1 atom stereocenters. The number of hydrogen-bond acceptors (Lipinski definition) is 3. The monoisotopic (exact) mass is 281 g/mol. The lowest BCUT2D eigenvalue weighted by Crippen LogP contribution is -2.30. The molecule has 0 heterocycles. The minimum absolute atomic E-state index is 0.256. The van der Waals surface area contributed by atoms with Crippen molar-refractivity contribution < 1.29 is 9.50 Å². The molecule has 1 aromatic rings. The van der Waals surface area contributed by atoms with Gasteiger partial charge < -0.3 is 5.11 Å². The van der Waals surface area contributed by atoms with Crippen LogP contribution in [0.1, 0.15) is 18.1 Å². The average molecular weight is 281 g/mol. The van der Waals surface area contributed by atoms with Crippen molar-refractivity contribution in [1.29, 1.82) is 0 Å². The maximum atomic E-state index is 13.5. The molecule has 0 aliphatic carbocycles. The van der Waals surface area contributed by atoms with Gasteiger partial charge in [0.2, 0.25) is 0 Å². The van der Waals surface area contributed by atoms with Crippen molar-refractivity contribution in [3.63, 3.8) is 0 Å². The second-order valence-electron chi connectivity index (χ2n) is 4.49. The lowest BCUT2D eigenvalue weighted by Gasteiger charge is -2.24. The van der Waals surface area contributed by atoms with E-state index in [1.807, 2.05) is 11.8 Å². The summed E-state index contributed by atoms with van der Waals surface area (Å²) in [5, 5.41) is 8.66. The Morgan fingerprint density at radius 2 is 2.21 bits per heavy atom. The van der Waals surface area contributed by atoms with E-state index in [0.29, 0.717) is 11.6 Å². The molecule has 0 saturated heterocycles. The lowest BCUT2D eigenvalue weighted by molar-refractivity contribution is 0.269. The maximum Gasteiger partial charge on any atom is 0.138 e. The summed E-state index contributed by atoms with van der Waals surface area (Å²) in [7, 11) is 2.06. The minimum atomic E-state index is -0.343. The molecule has 0 fully saturated rings. The van der Waals surface area contributed by atoms with E-state index in [1.165, 1.54) is 6.07 Å². The predicted molar refractivity (Wildman–Crippen MR) is 79.7 cm³/mol. The minimum Gasteiger partial charge on any atom is -0.384 e. The lowest BCUT2D eigenvalue weighted by atomic mass is 10.1. The standard InChI is InChI=1S/C15H20FNOS/c1-12(11-19-3)17(2)10-13-6-7-15(16)14(9-13)5-4-8-18/h6-7,9,12,18H,8,10-11H2,1-3H3. The van der Waals surface area contributed by atoms with Crippen LogP contribution in [0.4, 0.5) is 4.39 Å². The van der Waals surface area contributed by atoms with Crippen molar-refractivity contribution in [3.8, 4) is 11.8 Å². The van der Waals surface area contributed by atoms with Crippen molar-refractivity contribution in [1.82, 2.24) is 4.90 Å². The van der Waals surface area contributed by atoms with Gasteiger partial charge in [-0.2, -0.15) is 11.8 Å². The van der Waals surface area contributed by atoms with E-state index in [4.69, 9.17) is 5.11 Å². The fourth-order valence-electron chi connectivity index (χ4n) is 1.71. The molecular formula is C15H20FNOS. The molecule has 0 aliphatic heterocycles. The first-order valence-electron chi connectivity index (χ1n) is 6.15. The quantitative estimate of drug-likeness (QED) is 0.838. The number of thioether (sulfide) groups is 1. The molecule has 4 heteroatoms. The van der Waals surface area contributed by atoms with E-state index < -0.39 is 0 Å². The largest absolute Gasteiger partial charge is 0.384 e. The van der Waals surface area contributed by atoms with Gasteiger partial charge in [-0.25, -0.2) is 4.39 Å². The number of aliphatic hydroxyl groups excluding tert-OH is 1. The molecule has 0 spiro atoms. The maximum absolute atomic E-state index is 13.5. The molecule has 1 rings (SSSR count). The second-order valence-corrected chi connectivity index (χ2v) is 5.40. The summed E-state index contributed by atoms with van der Waals surface area (Å²) in [5.41, 5.74) is 1.37. The topological polar surface area (TPSA) is 23.5 Å². The average Bonchev–Trinajstić information content (AvgIpc) is 2.39. The molecule has 0 amide bonds. The number of benzene rings is 1. The number of halogens is 1. The van der Waals surface area contributed by atoms with Crippen molar-refractivity contribution in [2.45, 2.75) is 19.5 Å². The summed E-state index contributed by atoms with van der Waals surface area (Å²) in [5.74, 6) is 5.83. The van der Waals surface area contributed by atoms with Crippen molar-refractivity contribution in [3.05, 3.63) is 35.1 Å². The molecule has 0 aromatic heterocycles. The smallest absolute Gasteiger partial charge is 0.138 e. The molecule has 0 radical (unpaired) electrons. The van der Waals surface area contributed by atoms with Crippen LogP contribution >= 0.6 is 11.8 Å². The first kappa shape index (κ1) is 16.0. The van der Waals surface area contributed by atoms with E-state index in [1.54, 1.807) is 12.1 Å². The van der Waals surface area contributed by atoms with E-state index in [2.05, 4.69) is 37.0 Å². The third-order valence-electron chi connectivity index (χ3n) is 2.93. The van der Waals surface area contributed by atoms with Gasteiger partial charge in [-0.05, 0) is 37.9 Å². The van der Waals surface area contributed by atoms with Gasteiger partial charge in [0.15, 0.2) is 0 Å². The van der Waals surface area contributed by atoms with Crippen molar-refractivity contribution in [2.75, 3.05) is 25.7 Å². The van der Waals surface area contributed by atoms with Gasteiger partial charge in [-0.1, -0.05) is 17.9 Å². The fourth-order valence-corrected chi connectivity index (χ4v) is 2.45. The van der Waals surface area contributed by atoms with E-state index in [-0.39, 0.29) is 12.4 Å². The SMILES string of the molecule is CSCC(C)N(C)Cc1ccc(F)c(C#CCO)c1. The van der Waals surface area contributed by atoms with Crippen molar-refractivity contribution >= 4 is 11.8 Å². The zero-order valence-electron chi connectivity index (χ0n) is 11.6.